The van der Waals surface area contributed by atoms with Crippen molar-refractivity contribution in [3.05, 3.63) is 29.8 Å². The fourth-order valence-electron chi connectivity index (χ4n) is 1.05. The molecule has 0 radical (unpaired) electrons. The van der Waals surface area contributed by atoms with Gasteiger partial charge in [-0.15, -0.1) is 0 Å². The predicted molar refractivity (Wildman–Crippen MR) is 56.0 cm³/mol. The van der Waals surface area contributed by atoms with Crippen molar-refractivity contribution in [3.8, 4) is 0 Å². The van der Waals surface area contributed by atoms with Gasteiger partial charge in [-0.2, -0.15) is 0 Å². The average Bonchev–Trinajstić information content (AvgIpc) is 2.26. The van der Waals surface area contributed by atoms with Crippen LogP contribution in [0, 0.1) is 0 Å². The number of carboxylic acids is 1. The number of carbonyl (C=O) groups is 2. The van der Waals surface area contributed by atoms with Gasteiger partial charge in [-0.1, -0.05) is 0 Å². The molecule has 1 rings (SSSR count). The smallest absolute Gasteiger partial charge is 0.322 e. The third kappa shape index (κ3) is 3.30. The van der Waals surface area contributed by atoms with Crippen LogP contribution in [0.5, 0.6) is 0 Å². The Morgan fingerprint density at radius 2 is 1.87 bits per heavy atom. The molecule has 5 nitrogen and oxygen atoms in total. The molecule has 0 bridgehead atoms. The molecule has 1 aromatic rings. The van der Waals surface area contributed by atoms with E-state index in [9.17, 15) is 9.59 Å². The van der Waals surface area contributed by atoms with Gasteiger partial charge in [0.05, 0.1) is 0 Å². The van der Waals surface area contributed by atoms with Crippen molar-refractivity contribution in [1.29, 1.82) is 0 Å². The molecule has 0 aliphatic heterocycles. The van der Waals surface area contributed by atoms with Gasteiger partial charge in [-0.05, 0) is 24.3 Å². The molecule has 0 saturated carbocycles. The Hall–Kier alpha value is -2.04. The lowest BCUT2D eigenvalue weighted by atomic mass is 10.2. The molecule has 0 aromatic heterocycles. The van der Waals surface area contributed by atoms with Crippen molar-refractivity contribution in [2.75, 3.05) is 18.9 Å². The molecule has 1 aromatic carbocycles. The second-order valence-corrected chi connectivity index (χ2v) is 2.90. The Morgan fingerprint density at radius 1 is 1.27 bits per heavy atom. The number of anilines is 1. The first-order valence-corrected chi connectivity index (χ1v) is 4.41. The van der Waals surface area contributed by atoms with Gasteiger partial charge in [0.15, 0.2) is 0 Å². The molecule has 0 aliphatic carbocycles. The molecule has 5 heteroatoms. The minimum atomic E-state index is -1.06. The molecule has 0 atom stereocenters. The maximum Gasteiger partial charge on any atom is 0.322 e. The Labute approximate surface area is 87.1 Å². The molecule has 0 fully saturated rings. The van der Waals surface area contributed by atoms with E-state index in [0.717, 1.165) is 5.69 Å². The van der Waals surface area contributed by atoms with Crippen LogP contribution in [0.1, 0.15) is 10.4 Å². The fourth-order valence-corrected chi connectivity index (χ4v) is 1.05. The first kappa shape index (κ1) is 11.0. The number of aliphatic carboxylic acids is 1. The summed E-state index contributed by atoms with van der Waals surface area (Å²) in [6.45, 7) is -0.368. The summed E-state index contributed by atoms with van der Waals surface area (Å²) in [6.07, 6.45) is 0. The van der Waals surface area contributed by atoms with Gasteiger partial charge < -0.3 is 15.7 Å². The van der Waals surface area contributed by atoms with E-state index in [1.165, 1.54) is 0 Å². The second-order valence-electron chi connectivity index (χ2n) is 2.90. The minimum absolute atomic E-state index is 0.368. The van der Waals surface area contributed by atoms with Crippen LogP contribution in [-0.2, 0) is 4.79 Å². The maximum atomic E-state index is 11.4. The number of benzene rings is 1. The van der Waals surface area contributed by atoms with Crippen LogP contribution in [0.15, 0.2) is 24.3 Å². The number of carboxylic acid groups (broad SMARTS) is 1. The number of amides is 1. The number of nitrogens with one attached hydrogen (secondary N) is 2. The quantitative estimate of drug-likeness (QED) is 0.675. The minimum Gasteiger partial charge on any atom is -0.480 e. The predicted octanol–water partition coefficient (Wildman–Crippen LogP) is 0.543. The highest BCUT2D eigenvalue weighted by Gasteiger charge is 2.06. The van der Waals surface area contributed by atoms with Crippen LogP contribution in [0.3, 0.4) is 0 Å². The van der Waals surface area contributed by atoms with Crippen LogP contribution < -0.4 is 10.6 Å². The standard InChI is InChI=1S/C10H12N2O3/c1-11-8-4-2-7(3-5-8)10(15)12-6-9(13)14/h2-5,11H,6H2,1H3,(H,12,15)(H,13,14). The summed E-state index contributed by atoms with van der Waals surface area (Å²) in [4.78, 5) is 21.6. The van der Waals surface area contributed by atoms with Crippen LogP contribution in [0.2, 0.25) is 0 Å². The van der Waals surface area contributed by atoms with E-state index in [2.05, 4.69) is 10.6 Å². The summed E-state index contributed by atoms with van der Waals surface area (Å²) in [5.74, 6) is -1.45. The average molecular weight is 208 g/mol. The van der Waals surface area contributed by atoms with Crippen LogP contribution in [0.25, 0.3) is 0 Å². The van der Waals surface area contributed by atoms with Crippen molar-refractivity contribution in [1.82, 2.24) is 5.32 Å². The van der Waals surface area contributed by atoms with E-state index in [4.69, 9.17) is 5.11 Å². The molecular formula is C10H12N2O3. The Balaban J connectivity index is 2.62. The van der Waals surface area contributed by atoms with Gasteiger partial charge >= 0.3 is 5.97 Å². The fraction of sp³-hybridized carbons (Fsp3) is 0.200. The van der Waals surface area contributed by atoms with Gasteiger partial charge in [-0.3, -0.25) is 9.59 Å². The molecule has 3 N–H and O–H groups in total. The third-order valence-corrected chi connectivity index (χ3v) is 1.84. The number of rotatable bonds is 4. The normalized spacial score (nSPS) is 9.40. The zero-order valence-electron chi connectivity index (χ0n) is 8.28. The van der Waals surface area contributed by atoms with Gasteiger partial charge in [0.2, 0.25) is 0 Å². The van der Waals surface area contributed by atoms with Gasteiger partial charge in [0.25, 0.3) is 5.91 Å². The SMILES string of the molecule is CNc1ccc(C(=O)NCC(=O)O)cc1. The zero-order chi connectivity index (χ0) is 11.3. The number of carbonyl (C=O) groups excluding carboxylic acids is 1. The topological polar surface area (TPSA) is 78.4 Å². The van der Waals surface area contributed by atoms with Gasteiger partial charge in [-0.25, -0.2) is 0 Å². The molecule has 0 spiro atoms. The Bertz CT molecular complexity index is 359. The summed E-state index contributed by atoms with van der Waals surface area (Å²) < 4.78 is 0. The zero-order valence-corrected chi connectivity index (χ0v) is 8.28. The number of hydrogen-bond acceptors (Lipinski definition) is 3. The molecule has 1 amide bonds. The lowest BCUT2D eigenvalue weighted by Crippen LogP contribution is -2.29. The molecule has 80 valence electrons. The largest absolute Gasteiger partial charge is 0.480 e. The summed E-state index contributed by atoms with van der Waals surface area (Å²) in [7, 11) is 1.78. The first-order valence-electron chi connectivity index (χ1n) is 4.41. The molecule has 0 saturated heterocycles. The lowest BCUT2D eigenvalue weighted by molar-refractivity contribution is -0.135. The second kappa shape index (κ2) is 4.99. The van der Waals surface area contributed by atoms with Crippen molar-refractivity contribution >= 4 is 17.6 Å². The van der Waals surface area contributed by atoms with Crippen molar-refractivity contribution in [2.24, 2.45) is 0 Å². The van der Waals surface area contributed by atoms with E-state index in [1.807, 2.05) is 0 Å². The lowest BCUT2D eigenvalue weighted by Gasteiger charge is -2.03. The van der Waals surface area contributed by atoms with Crippen molar-refractivity contribution in [3.63, 3.8) is 0 Å². The van der Waals surface area contributed by atoms with E-state index in [1.54, 1.807) is 31.3 Å². The Morgan fingerprint density at radius 3 is 2.33 bits per heavy atom. The Kier molecular flexibility index (Phi) is 3.68. The molecule has 0 unspecified atom stereocenters. The highest BCUT2D eigenvalue weighted by atomic mass is 16.4. The van der Waals surface area contributed by atoms with Crippen LogP contribution >= 0.6 is 0 Å². The van der Waals surface area contributed by atoms with Crippen molar-refractivity contribution < 1.29 is 14.7 Å². The van der Waals surface area contributed by atoms with Crippen LogP contribution in [-0.4, -0.2) is 30.6 Å². The van der Waals surface area contributed by atoms with Gasteiger partial charge in [0, 0.05) is 18.3 Å². The summed E-state index contributed by atoms with van der Waals surface area (Å²) in [5, 5.41) is 13.6. The molecule has 0 aliphatic rings. The summed E-state index contributed by atoms with van der Waals surface area (Å²) in [5.41, 5.74) is 1.33. The van der Waals surface area contributed by atoms with E-state index < -0.39 is 5.97 Å². The van der Waals surface area contributed by atoms with E-state index in [0.29, 0.717) is 5.56 Å². The maximum absolute atomic E-state index is 11.4. The molecule has 15 heavy (non-hydrogen) atoms. The van der Waals surface area contributed by atoms with E-state index in [-0.39, 0.29) is 12.5 Å². The van der Waals surface area contributed by atoms with E-state index >= 15 is 0 Å². The highest BCUT2D eigenvalue weighted by Crippen LogP contribution is 2.07. The van der Waals surface area contributed by atoms with Gasteiger partial charge in [0.1, 0.15) is 6.54 Å². The van der Waals surface area contributed by atoms with Crippen molar-refractivity contribution in [2.45, 2.75) is 0 Å². The third-order valence-electron chi connectivity index (χ3n) is 1.84. The first-order chi connectivity index (χ1) is 7.13. The molecular weight excluding hydrogens is 196 g/mol. The number of hydrogen-bond donors (Lipinski definition) is 3. The highest BCUT2D eigenvalue weighted by molar-refractivity contribution is 5.96. The summed E-state index contributed by atoms with van der Waals surface area (Å²) >= 11 is 0. The van der Waals surface area contributed by atoms with Crippen LogP contribution in [0.4, 0.5) is 5.69 Å². The monoisotopic (exact) mass is 208 g/mol. The molecule has 0 heterocycles. The summed E-state index contributed by atoms with van der Waals surface area (Å²) in [6, 6.07) is 6.75.